The van der Waals surface area contributed by atoms with Gasteiger partial charge in [0.15, 0.2) is 0 Å². The minimum absolute atomic E-state index is 0.0852. The topological polar surface area (TPSA) is 32.3 Å². The van der Waals surface area contributed by atoms with Crippen LogP contribution in [0, 0.1) is 5.82 Å². The van der Waals surface area contributed by atoms with E-state index in [9.17, 15) is 9.50 Å². The number of rotatable bonds is 3. The Hall–Kier alpha value is -2.03. The third-order valence-electron chi connectivity index (χ3n) is 2.61. The highest BCUT2D eigenvalue weighted by Gasteiger charge is 2.09. The lowest BCUT2D eigenvalue weighted by Crippen LogP contribution is -2.06. The standard InChI is InChI=1S/C14H14FNO/c1-10(13-7-2-3-8-14(13)17)16-12-6-4-5-11(15)9-12/h2-10,16-17H,1H3. The Balaban J connectivity index is 2.17. The first-order chi connectivity index (χ1) is 8.16. The van der Waals surface area contributed by atoms with Crippen molar-refractivity contribution >= 4 is 5.69 Å². The van der Waals surface area contributed by atoms with Crippen LogP contribution in [0.2, 0.25) is 0 Å². The summed E-state index contributed by atoms with van der Waals surface area (Å²) in [6, 6.07) is 13.3. The molecule has 0 aliphatic carbocycles. The lowest BCUT2D eigenvalue weighted by molar-refractivity contribution is 0.465. The molecule has 0 radical (unpaired) electrons. The van der Waals surface area contributed by atoms with Crippen LogP contribution >= 0.6 is 0 Å². The van der Waals surface area contributed by atoms with Crippen molar-refractivity contribution in [2.24, 2.45) is 0 Å². The monoisotopic (exact) mass is 231 g/mol. The average molecular weight is 231 g/mol. The van der Waals surface area contributed by atoms with Crippen LogP contribution in [0.3, 0.4) is 0 Å². The highest BCUT2D eigenvalue weighted by Crippen LogP contribution is 2.26. The number of aromatic hydroxyl groups is 1. The van der Waals surface area contributed by atoms with Gasteiger partial charge in [-0.05, 0) is 31.2 Å². The number of nitrogens with one attached hydrogen (secondary N) is 1. The Morgan fingerprint density at radius 3 is 2.59 bits per heavy atom. The smallest absolute Gasteiger partial charge is 0.125 e. The Bertz CT molecular complexity index is 513. The van der Waals surface area contributed by atoms with Gasteiger partial charge in [0, 0.05) is 11.3 Å². The van der Waals surface area contributed by atoms with Gasteiger partial charge < -0.3 is 10.4 Å². The van der Waals surface area contributed by atoms with Crippen molar-refractivity contribution in [2.75, 3.05) is 5.32 Å². The molecule has 2 nitrogen and oxygen atoms in total. The highest BCUT2D eigenvalue weighted by atomic mass is 19.1. The molecule has 2 rings (SSSR count). The number of hydrogen-bond donors (Lipinski definition) is 2. The summed E-state index contributed by atoms with van der Waals surface area (Å²) in [5, 5.41) is 12.8. The largest absolute Gasteiger partial charge is 0.508 e. The molecule has 0 saturated carbocycles. The minimum Gasteiger partial charge on any atom is -0.508 e. The number of phenolic OH excluding ortho intramolecular Hbond substituents is 1. The van der Waals surface area contributed by atoms with Gasteiger partial charge in [0.25, 0.3) is 0 Å². The van der Waals surface area contributed by atoms with Crippen LogP contribution in [0.15, 0.2) is 48.5 Å². The summed E-state index contributed by atoms with van der Waals surface area (Å²) in [4.78, 5) is 0. The van der Waals surface area contributed by atoms with Crippen molar-refractivity contribution < 1.29 is 9.50 Å². The lowest BCUT2D eigenvalue weighted by Gasteiger charge is -2.16. The van der Waals surface area contributed by atoms with E-state index in [2.05, 4.69) is 5.32 Å². The summed E-state index contributed by atoms with van der Waals surface area (Å²) in [7, 11) is 0. The second kappa shape index (κ2) is 4.87. The van der Waals surface area contributed by atoms with Crippen molar-refractivity contribution in [3.05, 3.63) is 59.9 Å². The number of halogens is 1. The maximum atomic E-state index is 13.0. The normalized spacial score (nSPS) is 12.1. The van der Waals surface area contributed by atoms with Crippen LogP contribution in [0.25, 0.3) is 0 Å². The number of para-hydroxylation sites is 1. The van der Waals surface area contributed by atoms with Gasteiger partial charge in [-0.25, -0.2) is 4.39 Å². The number of hydrogen-bond acceptors (Lipinski definition) is 2. The van der Waals surface area contributed by atoms with E-state index in [0.29, 0.717) is 5.69 Å². The average Bonchev–Trinajstić information content (AvgIpc) is 2.29. The number of phenols is 1. The molecule has 0 aromatic heterocycles. The summed E-state index contributed by atoms with van der Waals surface area (Å²) in [5.74, 6) is -0.0385. The highest BCUT2D eigenvalue weighted by molar-refractivity contribution is 5.47. The van der Waals surface area contributed by atoms with E-state index < -0.39 is 0 Å². The molecule has 2 aromatic rings. The number of benzene rings is 2. The summed E-state index contributed by atoms with van der Waals surface area (Å²) in [6.45, 7) is 1.92. The van der Waals surface area contributed by atoms with Crippen molar-refractivity contribution in [1.82, 2.24) is 0 Å². The SMILES string of the molecule is CC(Nc1cccc(F)c1)c1ccccc1O. The molecule has 2 N–H and O–H groups in total. The zero-order valence-electron chi connectivity index (χ0n) is 9.52. The van der Waals surface area contributed by atoms with Gasteiger partial charge in [0.2, 0.25) is 0 Å². The summed E-state index contributed by atoms with van der Waals surface area (Å²) in [6.07, 6.45) is 0. The van der Waals surface area contributed by atoms with Gasteiger partial charge in [-0.3, -0.25) is 0 Å². The molecular formula is C14H14FNO. The van der Waals surface area contributed by atoms with Gasteiger partial charge in [0.05, 0.1) is 6.04 Å². The Kier molecular flexibility index (Phi) is 3.28. The molecule has 0 saturated heterocycles. The van der Waals surface area contributed by atoms with E-state index in [4.69, 9.17) is 0 Å². The van der Waals surface area contributed by atoms with Gasteiger partial charge in [-0.15, -0.1) is 0 Å². The molecule has 88 valence electrons. The van der Waals surface area contributed by atoms with Crippen molar-refractivity contribution in [3.63, 3.8) is 0 Å². The van der Waals surface area contributed by atoms with Crippen molar-refractivity contribution in [2.45, 2.75) is 13.0 Å². The predicted molar refractivity (Wildman–Crippen MR) is 66.5 cm³/mol. The Labute approximate surface area is 99.7 Å². The lowest BCUT2D eigenvalue weighted by atomic mass is 10.1. The Morgan fingerprint density at radius 2 is 1.88 bits per heavy atom. The number of anilines is 1. The first-order valence-corrected chi connectivity index (χ1v) is 5.47. The van der Waals surface area contributed by atoms with E-state index in [1.54, 1.807) is 24.3 Å². The molecule has 0 amide bonds. The van der Waals surface area contributed by atoms with Gasteiger partial charge >= 0.3 is 0 Å². The molecule has 0 bridgehead atoms. The molecule has 1 atom stereocenters. The second-order valence-electron chi connectivity index (χ2n) is 3.94. The molecule has 0 aliphatic rings. The Morgan fingerprint density at radius 1 is 1.12 bits per heavy atom. The zero-order chi connectivity index (χ0) is 12.3. The van der Waals surface area contributed by atoms with Crippen LogP contribution < -0.4 is 5.32 Å². The molecule has 0 spiro atoms. The molecule has 2 aromatic carbocycles. The fraction of sp³-hybridized carbons (Fsp3) is 0.143. The van der Waals surface area contributed by atoms with E-state index >= 15 is 0 Å². The quantitative estimate of drug-likeness (QED) is 0.844. The van der Waals surface area contributed by atoms with Gasteiger partial charge in [-0.1, -0.05) is 24.3 Å². The van der Waals surface area contributed by atoms with Crippen molar-refractivity contribution in [1.29, 1.82) is 0 Å². The minimum atomic E-state index is -0.278. The predicted octanol–water partition coefficient (Wildman–Crippen LogP) is 3.70. The first-order valence-electron chi connectivity index (χ1n) is 5.47. The van der Waals surface area contributed by atoms with Crippen LogP contribution in [-0.2, 0) is 0 Å². The molecule has 3 heteroatoms. The third kappa shape index (κ3) is 2.75. The van der Waals surface area contributed by atoms with Crippen LogP contribution in [0.1, 0.15) is 18.5 Å². The molecular weight excluding hydrogens is 217 g/mol. The fourth-order valence-electron chi connectivity index (χ4n) is 1.76. The molecule has 0 heterocycles. The summed E-state index contributed by atoms with van der Waals surface area (Å²) in [5.41, 5.74) is 1.48. The van der Waals surface area contributed by atoms with E-state index in [1.165, 1.54) is 12.1 Å². The van der Waals surface area contributed by atoms with Gasteiger partial charge in [-0.2, -0.15) is 0 Å². The van der Waals surface area contributed by atoms with Gasteiger partial charge in [0.1, 0.15) is 11.6 Å². The summed E-state index contributed by atoms with van der Waals surface area (Å²) < 4.78 is 13.0. The fourth-order valence-corrected chi connectivity index (χ4v) is 1.76. The van der Waals surface area contributed by atoms with Crippen LogP contribution in [0.4, 0.5) is 10.1 Å². The van der Waals surface area contributed by atoms with E-state index in [1.807, 2.05) is 19.1 Å². The zero-order valence-corrected chi connectivity index (χ0v) is 9.52. The first kappa shape index (κ1) is 11.5. The third-order valence-corrected chi connectivity index (χ3v) is 2.61. The molecule has 17 heavy (non-hydrogen) atoms. The maximum absolute atomic E-state index is 13.0. The molecule has 0 aliphatic heterocycles. The second-order valence-corrected chi connectivity index (χ2v) is 3.94. The summed E-state index contributed by atoms with van der Waals surface area (Å²) >= 11 is 0. The van der Waals surface area contributed by atoms with E-state index in [0.717, 1.165) is 5.56 Å². The van der Waals surface area contributed by atoms with Crippen molar-refractivity contribution in [3.8, 4) is 5.75 Å². The molecule has 1 unspecified atom stereocenters. The van der Waals surface area contributed by atoms with Crippen LogP contribution in [-0.4, -0.2) is 5.11 Å². The van der Waals surface area contributed by atoms with E-state index in [-0.39, 0.29) is 17.6 Å². The maximum Gasteiger partial charge on any atom is 0.125 e. The van der Waals surface area contributed by atoms with Crippen LogP contribution in [0.5, 0.6) is 5.75 Å². The molecule has 0 fully saturated rings.